The molecule has 3 N–H and O–H groups in total. The van der Waals surface area contributed by atoms with E-state index < -0.39 is 11.7 Å². The number of anilines is 2. The molecule has 4 rings (SSSR count). The summed E-state index contributed by atoms with van der Waals surface area (Å²) in [5.74, 6) is 0.168. The van der Waals surface area contributed by atoms with E-state index in [1.54, 1.807) is 60.8 Å². The number of pyridine rings is 1. The first kappa shape index (κ1) is 23.2. The van der Waals surface area contributed by atoms with E-state index in [1.807, 2.05) is 0 Å². The summed E-state index contributed by atoms with van der Waals surface area (Å²) < 4.78 is 24.9. The van der Waals surface area contributed by atoms with E-state index in [4.69, 9.17) is 9.15 Å². The van der Waals surface area contributed by atoms with Gasteiger partial charge >= 0.3 is 6.03 Å². The van der Waals surface area contributed by atoms with Crippen LogP contribution in [-0.2, 0) is 11.3 Å². The fraction of sp³-hybridized carbons (Fsp3) is 0.0385. The Labute approximate surface area is 200 Å². The summed E-state index contributed by atoms with van der Waals surface area (Å²) in [5.41, 5.74) is 1.59. The summed E-state index contributed by atoms with van der Waals surface area (Å²) in [5, 5.41) is 8.06. The summed E-state index contributed by atoms with van der Waals surface area (Å²) in [6, 6.07) is 17.5. The zero-order valence-corrected chi connectivity index (χ0v) is 18.4. The Hall–Kier alpha value is -4.92. The van der Waals surface area contributed by atoms with Crippen molar-refractivity contribution in [3.05, 3.63) is 109 Å². The highest BCUT2D eigenvalue weighted by Gasteiger charge is 2.07. The lowest BCUT2D eigenvalue weighted by Crippen LogP contribution is -2.27. The molecule has 0 aliphatic carbocycles. The number of benzene rings is 2. The van der Waals surface area contributed by atoms with Crippen LogP contribution in [-0.4, -0.2) is 16.9 Å². The van der Waals surface area contributed by atoms with Gasteiger partial charge in [0, 0.05) is 23.6 Å². The Bertz CT molecular complexity index is 1310. The smallest absolute Gasteiger partial charge is 0.319 e. The van der Waals surface area contributed by atoms with Crippen molar-refractivity contribution in [2.45, 2.75) is 6.54 Å². The quantitative estimate of drug-likeness (QED) is 0.290. The highest BCUT2D eigenvalue weighted by Crippen LogP contribution is 2.25. The van der Waals surface area contributed by atoms with Gasteiger partial charge in [0.2, 0.25) is 5.91 Å². The van der Waals surface area contributed by atoms with Crippen LogP contribution >= 0.6 is 0 Å². The highest BCUT2D eigenvalue weighted by molar-refractivity contribution is 6.02. The van der Waals surface area contributed by atoms with Crippen LogP contribution in [0.3, 0.4) is 0 Å². The maximum atomic E-state index is 14.3. The lowest BCUT2D eigenvalue weighted by Gasteiger charge is -2.08. The first-order chi connectivity index (χ1) is 17.0. The highest BCUT2D eigenvalue weighted by atomic mass is 19.1. The van der Waals surface area contributed by atoms with Gasteiger partial charge in [-0.05, 0) is 72.3 Å². The third-order valence-electron chi connectivity index (χ3n) is 4.66. The zero-order valence-electron chi connectivity index (χ0n) is 18.4. The van der Waals surface area contributed by atoms with Gasteiger partial charge in [-0.3, -0.25) is 9.78 Å². The fourth-order valence-electron chi connectivity index (χ4n) is 2.99. The molecular weight excluding hydrogens is 451 g/mol. The number of furan rings is 1. The number of ether oxygens (including phenoxy) is 1. The Morgan fingerprint density at radius 3 is 2.49 bits per heavy atom. The molecule has 0 radical (unpaired) electrons. The molecule has 0 saturated heterocycles. The molecule has 0 fully saturated rings. The number of carbonyl (C=O) groups excluding carboxylic acids is 2. The summed E-state index contributed by atoms with van der Waals surface area (Å²) in [7, 11) is 0. The van der Waals surface area contributed by atoms with Crippen LogP contribution in [0.2, 0.25) is 0 Å². The summed E-state index contributed by atoms with van der Waals surface area (Å²) in [4.78, 5) is 28.1. The van der Waals surface area contributed by atoms with Crippen molar-refractivity contribution in [1.29, 1.82) is 0 Å². The van der Waals surface area contributed by atoms with Crippen LogP contribution in [0.15, 0.2) is 95.9 Å². The number of hydrogen-bond acceptors (Lipinski definition) is 5. The van der Waals surface area contributed by atoms with Crippen LogP contribution < -0.4 is 20.7 Å². The maximum absolute atomic E-state index is 14.3. The van der Waals surface area contributed by atoms with Gasteiger partial charge in [-0.1, -0.05) is 6.07 Å². The Morgan fingerprint density at radius 2 is 1.80 bits per heavy atom. The molecule has 0 aliphatic heterocycles. The first-order valence-electron chi connectivity index (χ1n) is 10.6. The van der Waals surface area contributed by atoms with Gasteiger partial charge in [0.15, 0.2) is 11.6 Å². The largest absolute Gasteiger partial charge is 0.467 e. The molecule has 9 heteroatoms. The van der Waals surface area contributed by atoms with Crippen molar-refractivity contribution in [2.24, 2.45) is 0 Å². The summed E-state index contributed by atoms with van der Waals surface area (Å²) >= 11 is 0. The lowest BCUT2D eigenvalue weighted by molar-refractivity contribution is -0.111. The molecule has 0 bridgehead atoms. The minimum Gasteiger partial charge on any atom is -0.467 e. The van der Waals surface area contributed by atoms with Crippen LogP contribution in [0.4, 0.5) is 20.6 Å². The number of hydrogen-bond donors (Lipinski definition) is 3. The third kappa shape index (κ3) is 7.03. The SMILES string of the molecule is O=C(/C=C/c1ccc(Oc2cccnc2)c(F)c1)Nc1ccc(NC(=O)NCc2ccco2)cc1. The third-order valence-corrected chi connectivity index (χ3v) is 4.66. The molecule has 35 heavy (non-hydrogen) atoms. The zero-order chi connectivity index (χ0) is 24.5. The second-order valence-corrected chi connectivity index (χ2v) is 7.27. The van der Waals surface area contributed by atoms with E-state index >= 15 is 0 Å². The standard InChI is InChI=1S/C26H21FN4O4/c27-23-15-18(5-11-24(23)35-22-3-1-13-28-16-22)6-12-25(32)30-19-7-9-20(10-8-19)31-26(33)29-17-21-4-2-14-34-21/h1-16H,17H2,(H,30,32)(H2,29,31,33)/b12-6+. The molecule has 2 aromatic carbocycles. The minimum atomic E-state index is -0.562. The van der Waals surface area contributed by atoms with Gasteiger partial charge < -0.3 is 25.1 Å². The number of amides is 3. The second-order valence-electron chi connectivity index (χ2n) is 7.27. The van der Waals surface area contributed by atoms with E-state index in [0.717, 1.165) is 0 Å². The van der Waals surface area contributed by atoms with E-state index in [-0.39, 0.29) is 18.3 Å². The Morgan fingerprint density at radius 1 is 1.00 bits per heavy atom. The van der Waals surface area contributed by atoms with Crippen molar-refractivity contribution < 1.29 is 23.1 Å². The van der Waals surface area contributed by atoms with E-state index in [2.05, 4.69) is 20.9 Å². The number of urea groups is 1. The molecule has 0 spiro atoms. The number of carbonyl (C=O) groups is 2. The van der Waals surface area contributed by atoms with Crippen molar-refractivity contribution in [1.82, 2.24) is 10.3 Å². The predicted octanol–water partition coefficient (Wildman–Crippen LogP) is 5.58. The van der Waals surface area contributed by atoms with Gasteiger partial charge in [-0.25, -0.2) is 9.18 Å². The minimum absolute atomic E-state index is 0.0583. The number of halogens is 1. The second kappa shape index (κ2) is 11.3. The van der Waals surface area contributed by atoms with E-state index in [1.165, 1.54) is 36.7 Å². The molecule has 0 atom stereocenters. The van der Waals surface area contributed by atoms with Crippen molar-refractivity contribution in [3.8, 4) is 11.5 Å². The van der Waals surface area contributed by atoms with Crippen molar-refractivity contribution in [3.63, 3.8) is 0 Å². The van der Waals surface area contributed by atoms with Crippen LogP contribution in [0, 0.1) is 5.82 Å². The molecule has 0 unspecified atom stereocenters. The van der Waals surface area contributed by atoms with Crippen LogP contribution in [0.25, 0.3) is 6.08 Å². The Kier molecular flexibility index (Phi) is 7.49. The Balaban J connectivity index is 1.26. The molecule has 176 valence electrons. The summed E-state index contributed by atoms with van der Waals surface area (Å²) in [6.07, 6.45) is 7.40. The predicted molar refractivity (Wildman–Crippen MR) is 129 cm³/mol. The topological polar surface area (TPSA) is 105 Å². The normalized spacial score (nSPS) is 10.7. The monoisotopic (exact) mass is 472 g/mol. The first-order valence-corrected chi connectivity index (χ1v) is 10.6. The maximum Gasteiger partial charge on any atom is 0.319 e. The van der Waals surface area contributed by atoms with E-state index in [0.29, 0.717) is 28.4 Å². The van der Waals surface area contributed by atoms with Crippen LogP contribution in [0.5, 0.6) is 11.5 Å². The molecule has 0 aliphatic rings. The molecule has 2 aromatic heterocycles. The van der Waals surface area contributed by atoms with Crippen molar-refractivity contribution >= 4 is 29.4 Å². The average Bonchev–Trinajstić information content (AvgIpc) is 3.39. The number of nitrogens with one attached hydrogen (secondary N) is 3. The molecular formula is C26H21FN4O4. The van der Waals surface area contributed by atoms with Gasteiger partial charge in [-0.15, -0.1) is 0 Å². The average molecular weight is 472 g/mol. The molecule has 8 nitrogen and oxygen atoms in total. The van der Waals surface area contributed by atoms with Gasteiger partial charge in [0.25, 0.3) is 0 Å². The van der Waals surface area contributed by atoms with Gasteiger partial charge in [-0.2, -0.15) is 0 Å². The number of rotatable bonds is 8. The number of aromatic nitrogens is 1. The number of nitrogens with zero attached hydrogens (tertiary/aromatic N) is 1. The fourth-order valence-corrected chi connectivity index (χ4v) is 2.99. The molecule has 0 saturated carbocycles. The van der Waals surface area contributed by atoms with E-state index in [9.17, 15) is 14.0 Å². The van der Waals surface area contributed by atoms with Gasteiger partial charge in [0.1, 0.15) is 11.5 Å². The summed E-state index contributed by atoms with van der Waals surface area (Å²) in [6.45, 7) is 0.267. The van der Waals surface area contributed by atoms with Gasteiger partial charge in [0.05, 0.1) is 19.0 Å². The molecule has 2 heterocycles. The molecule has 4 aromatic rings. The lowest BCUT2D eigenvalue weighted by atomic mass is 10.2. The molecule has 3 amide bonds. The van der Waals surface area contributed by atoms with Crippen molar-refractivity contribution in [2.75, 3.05) is 10.6 Å². The van der Waals surface area contributed by atoms with Crippen LogP contribution in [0.1, 0.15) is 11.3 Å².